The first kappa shape index (κ1) is 9.32. The minimum absolute atomic E-state index is 0.801. The number of rotatable bonds is 2. The van der Waals surface area contributed by atoms with Crippen LogP contribution < -0.4 is 0 Å². The second-order valence-corrected chi connectivity index (χ2v) is 1.54. The van der Waals surface area contributed by atoms with Gasteiger partial charge in [-0.3, -0.25) is 0 Å². The highest BCUT2D eigenvalue weighted by Crippen LogP contribution is 2.29. The second-order valence-electron chi connectivity index (χ2n) is 1.54. The third kappa shape index (κ3) is 2.28. The van der Waals surface area contributed by atoms with Gasteiger partial charge in [-0.05, 0) is 0 Å². The topological polar surface area (TPSA) is 17.1 Å². The molecule has 0 aliphatic heterocycles. The standard InChI is InChI=1S/C4H3F5O/c5-3(6)2(1-10)4(7,8)9/h1-3H. The van der Waals surface area contributed by atoms with E-state index in [-0.39, 0.29) is 0 Å². The summed E-state index contributed by atoms with van der Waals surface area (Å²) in [6.45, 7) is 0. The number of halogens is 5. The zero-order valence-corrected chi connectivity index (χ0v) is 4.53. The second kappa shape index (κ2) is 2.94. The highest BCUT2D eigenvalue weighted by molar-refractivity contribution is 5.55. The molecule has 0 radical (unpaired) electrons. The molecule has 0 aromatic rings. The van der Waals surface area contributed by atoms with Gasteiger partial charge in [0.1, 0.15) is 6.29 Å². The van der Waals surface area contributed by atoms with Crippen LogP contribution in [-0.4, -0.2) is 18.9 Å². The SMILES string of the molecule is O=CC(C(F)F)C(F)(F)F. The van der Waals surface area contributed by atoms with Crippen LogP contribution >= 0.6 is 0 Å². The lowest BCUT2D eigenvalue weighted by Crippen LogP contribution is -2.30. The molecule has 6 heteroatoms. The molecule has 1 unspecified atom stereocenters. The van der Waals surface area contributed by atoms with Crippen molar-refractivity contribution in [1.29, 1.82) is 0 Å². The van der Waals surface area contributed by atoms with Gasteiger partial charge in [-0.2, -0.15) is 13.2 Å². The molecule has 1 atom stereocenters. The highest BCUT2D eigenvalue weighted by Gasteiger charge is 2.45. The smallest absolute Gasteiger partial charge is 0.302 e. The third-order valence-corrected chi connectivity index (χ3v) is 0.796. The van der Waals surface area contributed by atoms with Gasteiger partial charge in [-0.25, -0.2) is 8.78 Å². The van der Waals surface area contributed by atoms with Crippen molar-refractivity contribution in [2.45, 2.75) is 12.6 Å². The van der Waals surface area contributed by atoms with E-state index < -0.39 is 24.8 Å². The molecule has 0 saturated carbocycles. The van der Waals surface area contributed by atoms with Gasteiger partial charge >= 0.3 is 6.18 Å². The van der Waals surface area contributed by atoms with Crippen molar-refractivity contribution in [3.8, 4) is 0 Å². The fourth-order valence-corrected chi connectivity index (χ4v) is 0.279. The normalized spacial score (nSPS) is 15.4. The summed E-state index contributed by atoms with van der Waals surface area (Å²) in [7, 11) is 0. The number of alkyl halides is 5. The first-order valence-electron chi connectivity index (χ1n) is 2.19. The summed E-state index contributed by atoms with van der Waals surface area (Å²) >= 11 is 0. The Bertz CT molecular complexity index is 117. The number of carbonyl (C=O) groups excluding carboxylic acids is 1. The Morgan fingerprint density at radius 1 is 1.20 bits per heavy atom. The zero-order valence-electron chi connectivity index (χ0n) is 4.53. The zero-order chi connectivity index (χ0) is 8.36. The summed E-state index contributed by atoms with van der Waals surface area (Å²) < 4.78 is 56.3. The van der Waals surface area contributed by atoms with Gasteiger partial charge in [-0.1, -0.05) is 0 Å². The molecule has 60 valence electrons. The molecule has 0 aliphatic rings. The van der Waals surface area contributed by atoms with E-state index in [1.807, 2.05) is 0 Å². The average molecular weight is 162 g/mol. The lowest BCUT2D eigenvalue weighted by atomic mass is 10.2. The van der Waals surface area contributed by atoms with Crippen molar-refractivity contribution < 1.29 is 26.7 Å². The van der Waals surface area contributed by atoms with Gasteiger partial charge in [0, 0.05) is 0 Å². The van der Waals surface area contributed by atoms with Crippen LogP contribution in [0.25, 0.3) is 0 Å². The average Bonchev–Trinajstić information content (AvgIpc) is 1.60. The van der Waals surface area contributed by atoms with Crippen LogP contribution in [0.4, 0.5) is 22.0 Å². The van der Waals surface area contributed by atoms with Gasteiger partial charge in [0.25, 0.3) is 6.43 Å². The van der Waals surface area contributed by atoms with E-state index in [2.05, 4.69) is 0 Å². The lowest BCUT2D eigenvalue weighted by molar-refractivity contribution is -0.199. The number of hydrogen-bond donors (Lipinski definition) is 0. The van der Waals surface area contributed by atoms with Crippen molar-refractivity contribution in [2.75, 3.05) is 0 Å². The lowest BCUT2D eigenvalue weighted by Gasteiger charge is -2.11. The van der Waals surface area contributed by atoms with Crippen LogP contribution in [0.3, 0.4) is 0 Å². The summed E-state index contributed by atoms with van der Waals surface area (Å²) in [6.07, 6.45) is -9.60. The van der Waals surface area contributed by atoms with Crippen molar-refractivity contribution in [3.05, 3.63) is 0 Å². The van der Waals surface area contributed by atoms with E-state index in [9.17, 15) is 26.7 Å². The van der Waals surface area contributed by atoms with Gasteiger partial charge in [-0.15, -0.1) is 0 Å². The number of hydrogen-bond acceptors (Lipinski definition) is 1. The van der Waals surface area contributed by atoms with Crippen LogP contribution in [0.5, 0.6) is 0 Å². The van der Waals surface area contributed by atoms with Crippen LogP contribution in [0.15, 0.2) is 0 Å². The molecule has 0 aliphatic carbocycles. The Balaban J connectivity index is 4.21. The van der Waals surface area contributed by atoms with Crippen molar-refractivity contribution in [1.82, 2.24) is 0 Å². The van der Waals surface area contributed by atoms with E-state index in [0.29, 0.717) is 0 Å². The fraction of sp³-hybridized carbons (Fsp3) is 0.750. The van der Waals surface area contributed by atoms with Gasteiger partial charge in [0.2, 0.25) is 0 Å². The van der Waals surface area contributed by atoms with E-state index in [4.69, 9.17) is 0 Å². The molecular formula is C4H3F5O. The van der Waals surface area contributed by atoms with E-state index >= 15 is 0 Å². The van der Waals surface area contributed by atoms with Crippen LogP contribution in [0, 0.1) is 5.92 Å². The summed E-state index contributed by atoms with van der Waals surface area (Å²) in [5, 5.41) is 0. The molecule has 0 heterocycles. The highest BCUT2D eigenvalue weighted by atomic mass is 19.4. The predicted octanol–water partition coefficient (Wildman–Crippen LogP) is 1.63. The van der Waals surface area contributed by atoms with Crippen molar-refractivity contribution >= 4 is 6.29 Å². The molecule has 0 rings (SSSR count). The van der Waals surface area contributed by atoms with Crippen molar-refractivity contribution in [2.24, 2.45) is 5.92 Å². The Morgan fingerprint density at radius 3 is 1.60 bits per heavy atom. The molecule has 0 aromatic carbocycles. The van der Waals surface area contributed by atoms with Gasteiger partial charge in [0.05, 0.1) is 0 Å². The third-order valence-electron chi connectivity index (χ3n) is 0.796. The van der Waals surface area contributed by atoms with Crippen LogP contribution in [-0.2, 0) is 4.79 Å². The van der Waals surface area contributed by atoms with Crippen molar-refractivity contribution in [3.63, 3.8) is 0 Å². The maximum atomic E-state index is 11.3. The molecule has 0 bridgehead atoms. The van der Waals surface area contributed by atoms with Gasteiger partial charge in [0.15, 0.2) is 5.92 Å². The Labute approximate surface area is 52.8 Å². The molecule has 0 aromatic heterocycles. The monoisotopic (exact) mass is 162 g/mol. The van der Waals surface area contributed by atoms with Gasteiger partial charge < -0.3 is 4.79 Å². The molecule has 0 N–H and O–H groups in total. The summed E-state index contributed by atoms with van der Waals surface area (Å²) in [4.78, 5) is 9.39. The minimum atomic E-state index is -5.13. The Morgan fingerprint density at radius 2 is 1.60 bits per heavy atom. The molecule has 0 spiro atoms. The summed E-state index contributed by atoms with van der Waals surface area (Å²) in [6, 6.07) is 0. The van der Waals surface area contributed by atoms with E-state index in [1.165, 1.54) is 0 Å². The maximum Gasteiger partial charge on any atom is 0.403 e. The molecule has 0 saturated heterocycles. The largest absolute Gasteiger partial charge is 0.403 e. The molecule has 0 amide bonds. The maximum absolute atomic E-state index is 11.3. The first-order valence-corrected chi connectivity index (χ1v) is 2.19. The fourth-order valence-electron chi connectivity index (χ4n) is 0.279. The number of aldehydes is 1. The predicted molar refractivity (Wildman–Crippen MR) is 21.6 cm³/mol. The Hall–Kier alpha value is -0.680. The number of carbonyl (C=O) groups is 1. The molecule has 10 heavy (non-hydrogen) atoms. The molecular weight excluding hydrogens is 159 g/mol. The minimum Gasteiger partial charge on any atom is -0.302 e. The van der Waals surface area contributed by atoms with Crippen LogP contribution in [0.2, 0.25) is 0 Å². The first-order chi connectivity index (χ1) is 4.39. The van der Waals surface area contributed by atoms with Crippen LogP contribution in [0.1, 0.15) is 0 Å². The molecule has 1 nitrogen and oxygen atoms in total. The van der Waals surface area contributed by atoms with E-state index in [0.717, 1.165) is 0 Å². The quantitative estimate of drug-likeness (QED) is 0.445. The Kier molecular flexibility index (Phi) is 2.74. The molecule has 0 fully saturated rings. The summed E-state index contributed by atoms with van der Waals surface area (Å²) in [5.41, 5.74) is 0. The summed E-state index contributed by atoms with van der Waals surface area (Å²) in [5.74, 6) is -3.15. The van der Waals surface area contributed by atoms with E-state index in [1.54, 1.807) is 0 Å².